The summed E-state index contributed by atoms with van der Waals surface area (Å²) >= 11 is 0. The highest BCUT2D eigenvalue weighted by Gasteiger charge is 2.51. The minimum atomic E-state index is -0.532. The summed E-state index contributed by atoms with van der Waals surface area (Å²) in [6.45, 7) is 3.68. The molecule has 1 amide bonds. The summed E-state index contributed by atoms with van der Waals surface area (Å²) in [6.07, 6.45) is 0.334. The highest BCUT2D eigenvalue weighted by Crippen LogP contribution is 2.44. The number of aliphatic hydroxyl groups is 1. The number of amides is 1. The molecule has 0 spiro atoms. The largest absolute Gasteiger partial charge is 0.394 e. The van der Waals surface area contributed by atoms with E-state index in [1.807, 2.05) is 43.3 Å². The Morgan fingerprint density at radius 2 is 2.00 bits per heavy atom. The molecule has 3 rings (SSSR count). The molecule has 2 aromatic carbocycles. The molecule has 0 aliphatic carbocycles. The lowest BCUT2D eigenvalue weighted by Gasteiger charge is -2.52. The lowest BCUT2D eigenvalue weighted by molar-refractivity contribution is -0.146. The molecule has 0 unspecified atom stereocenters. The maximum Gasteiger partial charge on any atom is 0.223 e. The number of nitriles is 1. The first-order valence-electron chi connectivity index (χ1n) is 8.60. The van der Waals surface area contributed by atoms with E-state index >= 15 is 0 Å². The number of hydrogen-bond acceptors (Lipinski definition) is 3. The summed E-state index contributed by atoms with van der Waals surface area (Å²) in [7, 11) is 0. The van der Waals surface area contributed by atoms with Crippen molar-refractivity contribution in [2.24, 2.45) is 0 Å². The quantitative estimate of drug-likeness (QED) is 0.933. The van der Waals surface area contributed by atoms with Crippen molar-refractivity contribution in [2.75, 3.05) is 6.61 Å². The number of nitrogens with zero attached hydrogens (tertiary/aromatic N) is 2. The van der Waals surface area contributed by atoms with Crippen LogP contribution in [-0.4, -0.2) is 34.6 Å². The van der Waals surface area contributed by atoms with Crippen LogP contribution in [0.5, 0.6) is 0 Å². The normalized spacial score (nSPS) is 22.2. The molecule has 4 nitrogen and oxygen atoms in total. The van der Waals surface area contributed by atoms with Crippen LogP contribution in [0.25, 0.3) is 11.1 Å². The molecule has 2 aromatic rings. The van der Waals surface area contributed by atoms with Gasteiger partial charge < -0.3 is 10.0 Å². The molecule has 1 fully saturated rings. The van der Waals surface area contributed by atoms with Crippen LogP contribution in [-0.2, 0) is 4.79 Å². The summed E-state index contributed by atoms with van der Waals surface area (Å²) in [5, 5.41) is 19.5. The van der Waals surface area contributed by atoms with Crippen LogP contribution < -0.4 is 0 Å². The van der Waals surface area contributed by atoms with E-state index in [-0.39, 0.29) is 24.5 Å². The van der Waals surface area contributed by atoms with Crippen molar-refractivity contribution in [2.45, 2.75) is 38.3 Å². The maximum absolute atomic E-state index is 12.2. The number of likely N-dealkylation sites (tertiary alicyclic amines) is 1. The Balaban J connectivity index is 2.05. The third-order valence-corrected chi connectivity index (χ3v) is 4.97. The van der Waals surface area contributed by atoms with E-state index < -0.39 is 6.04 Å². The molecular formula is C21H22N2O2. The first-order valence-corrected chi connectivity index (χ1v) is 8.60. The van der Waals surface area contributed by atoms with Crippen molar-refractivity contribution < 1.29 is 9.90 Å². The standard InChI is InChI=1S/C21H22N2O2/c1-3-20(25)23-18(12-22)21(19(23)13-24)17-10-5-4-9-16(17)15-8-6-7-14(2)11-15/h4-11,18-19,21,24H,3,13H2,1-2H3/t18-,19-,21+/m1/s1. The summed E-state index contributed by atoms with van der Waals surface area (Å²) < 4.78 is 0. The Kier molecular flexibility index (Phi) is 4.87. The van der Waals surface area contributed by atoms with Gasteiger partial charge in [-0.25, -0.2) is 0 Å². The van der Waals surface area contributed by atoms with Gasteiger partial charge in [0.2, 0.25) is 5.91 Å². The van der Waals surface area contributed by atoms with E-state index in [1.165, 1.54) is 10.5 Å². The van der Waals surface area contributed by atoms with Crippen LogP contribution in [0, 0.1) is 18.3 Å². The number of aliphatic hydroxyl groups excluding tert-OH is 1. The van der Waals surface area contributed by atoms with E-state index in [1.54, 1.807) is 6.92 Å². The number of aryl methyl sites for hydroxylation is 1. The van der Waals surface area contributed by atoms with Gasteiger partial charge in [0.05, 0.1) is 18.7 Å². The predicted molar refractivity (Wildman–Crippen MR) is 96.8 cm³/mol. The Hall–Kier alpha value is -2.64. The van der Waals surface area contributed by atoms with Crippen LogP contribution in [0.2, 0.25) is 0 Å². The van der Waals surface area contributed by atoms with Gasteiger partial charge in [-0.2, -0.15) is 5.26 Å². The van der Waals surface area contributed by atoms with E-state index in [4.69, 9.17) is 0 Å². The topological polar surface area (TPSA) is 64.3 Å². The van der Waals surface area contributed by atoms with Gasteiger partial charge in [0.15, 0.2) is 0 Å². The molecule has 0 radical (unpaired) electrons. The third-order valence-electron chi connectivity index (χ3n) is 4.97. The fourth-order valence-corrected chi connectivity index (χ4v) is 3.77. The number of hydrogen-bond donors (Lipinski definition) is 1. The van der Waals surface area contributed by atoms with Gasteiger partial charge in [-0.1, -0.05) is 61.0 Å². The molecule has 0 saturated carbocycles. The van der Waals surface area contributed by atoms with Crippen LogP contribution in [0.15, 0.2) is 48.5 Å². The summed E-state index contributed by atoms with van der Waals surface area (Å²) in [4.78, 5) is 13.7. The average Bonchev–Trinajstić information content (AvgIpc) is 2.62. The highest BCUT2D eigenvalue weighted by atomic mass is 16.3. The minimum absolute atomic E-state index is 0.0881. The first-order chi connectivity index (χ1) is 12.1. The van der Waals surface area contributed by atoms with Crippen molar-refractivity contribution >= 4 is 5.91 Å². The van der Waals surface area contributed by atoms with Gasteiger partial charge in [-0.3, -0.25) is 4.79 Å². The molecule has 1 saturated heterocycles. The minimum Gasteiger partial charge on any atom is -0.394 e. The third kappa shape index (κ3) is 2.92. The Morgan fingerprint density at radius 1 is 1.24 bits per heavy atom. The van der Waals surface area contributed by atoms with Gasteiger partial charge >= 0.3 is 0 Å². The lowest BCUT2D eigenvalue weighted by atomic mass is 9.73. The fraction of sp³-hybridized carbons (Fsp3) is 0.333. The molecule has 1 aliphatic heterocycles. The van der Waals surface area contributed by atoms with Gasteiger partial charge in [0, 0.05) is 12.3 Å². The van der Waals surface area contributed by atoms with Crippen LogP contribution in [0.3, 0.4) is 0 Å². The molecule has 25 heavy (non-hydrogen) atoms. The smallest absolute Gasteiger partial charge is 0.223 e. The fourth-order valence-electron chi connectivity index (χ4n) is 3.77. The zero-order chi connectivity index (χ0) is 18.0. The first kappa shape index (κ1) is 17.2. The van der Waals surface area contributed by atoms with Crippen molar-refractivity contribution in [1.82, 2.24) is 4.90 Å². The maximum atomic E-state index is 12.2. The molecule has 1 aliphatic rings. The van der Waals surface area contributed by atoms with Crippen LogP contribution in [0.4, 0.5) is 0 Å². The van der Waals surface area contributed by atoms with Gasteiger partial charge in [-0.15, -0.1) is 0 Å². The Morgan fingerprint density at radius 3 is 2.64 bits per heavy atom. The zero-order valence-electron chi connectivity index (χ0n) is 14.5. The van der Waals surface area contributed by atoms with Crippen molar-refractivity contribution in [1.29, 1.82) is 5.26 Å². The molecule has 1 N–H and O–H groups in total. The summed E-state index contributed by atoms with van der Waals surface area (Å²) in [5.74, 6) is -0.267. The van der Waals surface area contributed by atoms with Crippen molar-refractivity contribution in [3.8, 4) is 17.2 Å². The highest BCUT2D eigenvalue weighted by molar-refractivity contribution is 5.80. The summed E-state index contributed by atoms with van der Waals surface area (Å²) in [5.41, 5.74) is 4.32. The molecule has 128 valence electrons. The summed E-state index contributed by atoms with van der Waals surface area (Å²) in [6, 6.07) is 17.6. The SMILES string of the molecule is CCC(=O)N1[C@H](C#N)[C@H](c2ccccc2-c2cccc(C)c2)[C@H]1CO. The van der Waals surface area contributed by atoms with Crippen LogP contribution >= 0.6 is 0 Å². The monoisotopic (exact) mass is 334 g/mol. The Labute approximate surface area is 148 Å². The van der Waals surface area contributed by atoms with Gasteiger partial charge in [-0.05, 0) is 23.6 Å². The molecule has 4 heteroatoms. The van der Waals surface area contributed by atoms with Crippen molar-refractivity contribution in [3.63, 3.8) is 0 Å². The molecule has 3 atom stereocenters. The van der Waals surface area contributed by atoms with E-state index in [9.17, 15) is 15.2 Å². The second-order valence-electron chi connectivity index (χ2n) is 6.46. The van der Waals surface area contributed by atoms with Gasteiger partial charge in [0.25, 0.3) is 0 Å². The molecular weight excluding hydrogens is 312 g/mol. The van der Waals surface area contributed by atoms with E-state index in [0.717, 1.165) is 16.7 Å². The van der Waals surface area contributed by atoms with Crippen LogP contribution in [0.1, 0.15) is 30.4 Å². The number of carbonyl (C=O) groups is 1. The van der Waals surface area contributed by atoms with E-state index in [0.29, 0.717) is 6.42 Å². The number of benzene rings is 2. The van der Waals surface area contributed by atoms with E-state index in [2.05, 4.69) is 18.2 Å². The zero-order valence-corrected chi connectivity index (χ0v) is 14.5. The lowest BCUT2D eigenvalue weighted by Crippen LogP contribution is -2.65. The second-order valence-corrected chi connectivity index (χ2v) is 6.46. The predicted octanol–water partition coefficient (Wildman–Crippen LogP) is 3.25. The number of rotatable bonds is 4. The second kappa shape index (κ2) is 7.08. The molecule has 0 aromatic heterocycles. The number of carbonyl (C=O) groups excluding carboxylic acids is 1. The molecule has 1 heterocycles. The molecule has 0 bridgehead atoms. The van der Waals surface area contributed by atoms with Crippen molar-refractivity contribution in [3.05, 3.63) is 59.7 Å². The Bertz CT molecular complexity index is 825. The van der Waals surface area contributed by atoms with Gasteiger partial charge in [0.1, 0.15) is 6.04 Å². The average molecular weight is 334 g/mol.